The van der Waals surface area contributed by atoms with Crippen LogP contribution in [0.2, 0.25) is 0 Å². The molecule has 4 aliphatic rings. The largest absolute Gasteiger partial charge is 0.455 e. The molecule has 0 unspecified atom stereocenters. The molecule has 4 saturated heterocycles. The average Bonchev–Trinajstić information content (AvgIpc) is 3.81. The van der Waals surface area contributed by atoms with Gasteiger partial charge in [0.25, 0.3) is 0 Å². The molecular weight excluding hydrogens is 664 g/mol. The first-order chi connectivity index (χ1) is 25.2. The molecule has 0 radical (unpaired) electrons. The predicted octanol–water partition coefficient (Wildman–Crippen LogP) is 3.36. The number of fused-ring (bicyclic) bond motifs is 1. The molecule has 4 heterocycles. The Morgan fingerprint density at radius 2 is 1.81 bits per heavy atom. The summed E-state index contributed by atoms with van der Waals surface area (Å²) in [6, 6.07) is 7.96. The van der Waals surface area contributed by atoms with Crippen LogP contribution in [0.25, 0.3) is 0 Å². The Morgan fingerprint density at radius 1 is 1.08 bits per heavy atom. The van der Waals surface area contributed by atoms with E-state index in [2.05, 4.69) is 18.1 Å². The van der Waals surface area contributed by atoms with Gasteiger partial charge in [0.2, 0.25) is 17.7 Å². The molecule has 0 aliphatic carbocycles. The van der Waals surface area contributed by atoms with Gasteiger partial charge in [0.1, 0.15) is 17.7 Å². The highest BCUT2D eigenvalue weighted by Crippen LogP contribution is 2.59. The molecule has 1 spiro atoms. The Morgan fingerprint density at radius 3 is 2.50 bits per heavy atom. The molecule has 1 aromatic carbocycles. The van der Waals surface area contributed by atoms with E-state index in [4.69, 9.17) is 14.2 Å². The highest BCUT2D eigenvalue weighted by molar-refractivity contribution is 5.98. The van der Waals surface area contributed by atoms with Crippen LogP contribution in [0, 0.1) is 11.8 Å². The number of aliphatic hydroxyl groups excluding tert-OH is 1. The number of likely N-dealkylation sites (N-methyl/N-ethyl adjacent to an activating group) is 1. The number of carbonyl (C=O) groups excluding carboxylic acids is 4. The zero-order chi connectivity index (χ0) is 37.3. The lowest BCUT2D eigenvalue weighted by molar-refractivity contribution is -0.164. The summed E-state index contributed by atoms with van der Waals surface area (Å²) in [6.07, 6.45) is 6.82. The maximum absolute atomic E-state index is 14.7. The fourth-order valence-electron chi connectivity index (χ4n) is 8.52. The Bertz CT molecular complexity index is 1400. The summed E-state index contributed by atoms with van der Waals surface area (Å²) in [5.41, 5.74) is -0.418. The zero-order valence-electron chi connectivity index (χ0n) is 31.0. The zero-order valence-corrected chi connectivity index (χ0v) is 31.0. The fraction of sp³-hybridized carbons (Fsp3) is 0.650. The molecule has 2 bridgehead atoms. The lowest BCUT2D eigenvalue weighted by Crippen LogP contribution is -2.57. The van der Waals surface area contributed by atoms with E-state index in [0.717, 1.165) is 31.5 Å². The molecule has 4 aliphatic heterocycles. The second kappa shape index (κ2) is 18.4. The van der Waals surface area contributed by atoms with Crippen LogP contribution in [-0.4, -0.2) is 138 Å². The first-order valence-corrected chi connectivity index (χ1v) is 19.1. The van der Waals surface area contributed by atoms with E-state index in [1.807, 2.05) is 37.3 Å². The molecule has 7 atom stereocenters. The minimum atomic E-state index is -1.16. The number of unbranched alkanes of at least 4 members (excludes halogenated alkanes) is 3. The van der Waals surface area contributed by atoms with Crippen LogP contribution >= 0.6 is 0 Å². The van der Waals surface area contributed by atoms with Crippen molar-refractivity contribution in [2.45, 2.75) is 88.2 Å². The van der Waals surface area contributed by atoms with Crippen LogP contribution in [-0.2, 0) is 33.4 Å². The molecule has 12 heteroatoms. The normalized spacial score (nSPS) is 26.4. The second-order valence-electron chi connectivity index (χ2n) is 14.6. The number of hydrogen-bond donors (Lipinski definition) is 1. The number of aliphatic hydroxyl groups is 1. The van der Waals surface area contributed by atoms with Gasteiger partial charge in [-0.05, 0) is 44.6 Å². The molecule has 5 rings (SSSR count). The monoisotopic (exact) mass is 722 g/mol. The van der Waals surface area contributed by atoms with E-state index in [0.29, 0.717) is 71.5 Å². The number of allylic oxidation sites excluding steroid dienone is 1. The van der Waals surface area contributed by atoms with Crippen molar-refractivity contribution in [1.29, 1.82) is 0 Å². The Labute approximate surface area is 308 Å². The maximum Gasteiger partial charge on any atom is 0.313 e. The van der Waals surface area contributed by atoms with Crippen molar-refractivity contribution in [1.82, 2.24) is 19.6 Å². The van der Waals surface area contributed by atoms with Crippen LogP contribution in [0.15, 0.2) is 55.6 Å². The SMILES string of the molecule is C=CCCC(=O)N(C)[C@H](C)[C@H](OC(=O)[C@@H]1[C@@H]2CC[C@]3(O2)[C@H](C(=O)N(CC=C)CCN2CCOCC2)N(CCCCCCO)C(=O)[C@@H]13)c1ccccc1. The number of nitrogens with zero attached hydrogens (tertiary/aromatic N) is 4. The molecule has 0 saturated carbocycles. The molecule has 3 amide bonds. The number of benzene rings is 1. The standard InChI is InChI=1S/C40H58N4O8/c1-5-7-17-32(46)41(4)29(3)35(30-15-11-10-12-16-30)51-39(49)33-31-18-19-40(52-31)34(33)37(47)44(21-13-8-9-14-26-45)36(40)38(48)43(20-6-2)23-22-42-24-27-50-28-25-42/h5-6,10-12,15-16,29,31,33-36,45H,1-2,7-9,13-14,17-28H2,3-4H3/t29-,31+,33-,34-,35+,36+,40-/m1/s1. The molecule has 4 fully saturated rings. The average molecular weight is 723 g/mol. The van der Waals surface area contributed by atoms with Crippen LogP contribution in [0.1, 0.15) is 70.0 Å². The van der Waals surface area contributed by atoms with Crippen molar-refractivity contribution in [2.75, 3.05) is 66.1 Å². The second-order valence-corrected chi connectivity index (χ2v) is 14.6. The van der Waals surface area contributed by atoms with Crippen molar-refractivity contribution in [2.24, 2.45) is 11.8 Å². The van der Waals surface area contributed by atoms with Gasteiger partial charge >= 0.3 is 5.97 Å². The molecule has 52 heavy (non-hydrogen) atoms. The van der Waals surface area contributed by atoms with E-state index >= 15 is 0 Å². The summed E-state index contributed by atoms with van der Waals surface area (Å²) in [5.74, 6) is -2.84. The molecular formula is C40H58N4O8. The highest BCUT2D eigenvalue weighted by atomic mass is 16.6. The number of likely N-dealkylation sites (tertiary alicyclic amines) is 1. The van der Waals surface area contributed by atoms with Crippen LogP contribution in [0.5, 0.6) is 0 Å². The first kappa shape index (κ1) is 39.6. The van der Waals surface area contributed by atoms with Crippen molar-refractivity contribution in [3.63, 3.8) is 0 Å². The maximum atomic E-state index is 14.7. The van der Waals surface area contributed by atoms with Gasteiger partial charge in [-0.25, -0.2) is 0 Å². The number of hydrogen-bond acceptors (Lipinski definition) is 9. The third-order valence-electron chi connectivity index (χ3n) is 11.4. The van der Waals surface area contributed by atoms with Gasteiger partial charge in [-0.1, -0.05) is 55.3 Å². The summed E-state index contributed by atoms with van der Waals surface area (Å²) in [6.45, 7) is 14.3. The van der Waals surface area contributed by atoms with Gasteiger partial charge in [-0.15, -0.1) is 13.2 Å². The van der Waals surface area contributed by atoms with Gasteiger partial charge in [0.15, 0.2) is 0 Å². The molecule has 1 N–H and O–H groups in total. The van der Waals surface area contributed by atoms with E-state index in [1.54, 1.807) is 33.9 Å². The van der Waals surface area contributed by atoms with Gasteiger partial charge in [0, 0.05) is 59.3 Å². The van der Waals surface area contributed by atoms with Crippen LogP contribution < -0.4 is 0 Å². The van der Waals surface area contributed by atoms with Crippen LogP contribution in [0.3, 0.4) is 0 Å². The third-order valence-corrected chi connectivity index (χ3v) is 11.4. The smallest absolute Gasteiger partial charge is 0.313 e. The third kappa shape index (κ3) is 8.46. The quantitative estimate of drug-likeness (QED) is 0.122. The van der Waals surface area contributed by atoms with Crippen molar-refractivity contribution in [3.8, 4) is 0 Å². The molecule has 1 aromatic rings. The number of amides is 3. The number of rotatable bonds is 20. The molecule has 12 nitrogen and oxygen atoms in total. The highest BCUT2D eigenvalue weighted by Gasteiger charge is 2.75. The first-order valence-electron chi connectivity index (χ1n) is 19.1. The minimum Gasteiger partial charge on any atom is -0.455 e. The topological polar surface area (TPSA) is 129 Å². The predicted molar refractivity (Wildman–Crippen MR) is 196 cm³/mol. The molecule has 0 aromatic heterocycles. The van der Waals surface area contributed by atoms with Crippen molar-refractivity contribution < 1.29 is 38.5 Å². The van der Waals surface area contributed by atoms with E-state index < -0.39 is 47.7 Å². The van der Waals surface area contributed by atoms with Gasteiger partial charge in [0.05, 0.1) is 37.2 Å². The van der Waals surface area contributed by atoms with Crippen LogP contribution in [0.4, 0.5) is 0 Å². The van der Waals surface area contributed by atoms with Crippen molar-refractivity contribution >= 4 is 23.7 Å². The summed E-state index contributed by atoms with van der Waals surface area (Å²) < 4.78 is 18.6. The Kier molecular flexibility index (Phi) is 14.1. The number of ether oxygens (including phenoxy) is 3. The minimum absolute atomic E-state index is 0.0914. The number of esters is 1. The van der Waals surface area contributed by atoms with Gasteiger partial charge in [-0.3, -0.25) is 24.1 Å². The number of morpholine rings is 1. The van der Waals surface area contributed by atoms with Gasteiger partial charge in [-0.2, -0.15) is 0 Å². The van der Waals surface area contributed by atoms with Gasteiger partial charge < -0.3 is 34.0 Å². The lowest BCUT2D eigenvalue weighted by Gasteiger charge is -2.37. The number of carbonyl (C=O) groups is 4. The van der Waals surface area contributed by atoms with Crippen molar-refractivity contribution in [3.05, 3.63) is 61.2 Å². The summed E-state index contributed by atoms with van der Waals surface area (Å²) in [7, 11) is 1.71. The summed E-state index contributed by atoms with van der Waals surface area (Å²) in [4.78, 5) is 64.2. The van der Waals surface area contributed by atoms with E-state index in [-0.39, 0.29) is 30.7 Å². The summed E-state index contributed by atoms with van der Waals surface area (Å²) in [5, 5.41) is 9.30. The fourth-order valence-corrected chi connectivity index (χ4v) is 8.52. The van der Waals surface area contributed by atoms with E-state index in [1.165, 1.54) is 0 Å². The molecule has 286 valence electrons. The summed E-state index contributed by atoms with van der Waals surface area (Å²) >= 11 is 0. The lowest BCUT2D eigenvalue weighted by atomic mass is 9.70. The van der Waals surface area contributed by atoms with E-state index in [9.17, 15) is 24.3 Å². The Balaban J connectivity index is 1.42. The Hall–Kier alpha value is -3.58.